The number of benzene rings is 1. The number of unbranched alkanes of at least 4 members (excludes halogenated alkanes) is 1. The Morgan fingerprint density at radius 2 is 1.78 bits per heavy atom. The highest BCUT2D eigenvalue weighted by molar-refractivity contribution is 5.95. The Hall–Kier alpha value is -1.37. The maximum Gasteiger partial charge on any atom is 0.158 e. The maximum atomic E-state index is 12.1. The van der Waals surface area contributed by atoms with Crippen LogP contribution in [-0.2, 0) is 11.2 Å². The van der Waals surface area contributed by atoms with Crippen LogP contribution in [0.1, 0.15) is 51.5 Å². The van der Waals surface area contributed by atoms with Crippen molar-refractivity contribution >= 4 is 5.78 Å². The smallest absolute Gasteiger partial charge is 0.158 e. The predicted molar refractivity (Wildman–Crippen MR) is 77.7 cm³/mol. The number of hydrogen-bond acceptors (Lipinski definition) is 1. The summed E-state index contributed by atoms with van der Waals surface area (Å²) in [5.41, 5.74) is 2.28. The number of carbonyl (C=O) groups excluding carboxylic acids is 1. The van der Waals surface area contributed by atoms with E-state index >= 15 is 0 Å². The summed E-state index contributed by atoms with van der Waals surface area (Å²) in [6.45, 7) is 4.28. The molecule has 0 atom stereocenters. The number of allylic oxidation sites excluding steroid dienone is 2. The van der Waals surface area contributed by atoms with Crippen LogP contribution in [0.15, 0.2) is 42.0 Å². The molecule has 18 heavy (non-hydrogen) atoms. The van der Waals surface area contributed by atoms with Gasteiger partial charge in [0.2, 0.25) is 0 Å². The number of Topliss-reactive ketones (excluding diaryl/α,β-unsaturated/α-hetero) is 1. The van der Waals surface area contributed by atoms with Gasteiger partial charge in [0.05, 0.1) is 0 Å². The summed E-state index contributed by atoms with van der Waals surface area (Å²) >= 11 is 0. The molecule has 0 saturated heterocycles. The molecule has 0 fully saturated rings. The van der Waals surface area contributed by atoms with Crippen LogP contribution in [0, 0.1) is 0 Å². The summed E-state index contributed by atoms with van der Waals surface area (Å²) < 4.78 is 0. The average molecular weight is 244 g/mol. The fourth-order valence-electron chi connectivity index (χ4n) is 2.01. The predicted octanol–water partition coefficient (Wildman–Crippen LogP) is 4.71. The Morgan fingerprint density at radius 1 is 1.06 bits per heavy atom. The van der Waals surface area contributed by atoms with Gasteiger partial charge in [-0.25, -0.2) is 0 Å². The normalized spacial score (nSPS) is 11.6. The first-order valence-corrected chi connectivity index (χ1v) is 7.04. The second kappa shape index (κ2) is 8.68. The highest BCUT2D eigenvalue weighted by atomic mass is 16.1. The molecule has 1 heteroatoms. The monoisotopic (exact) mass is 244 g/mol. The van der Waals surface area contributed by atoms with Gasteiger partial charge in [0, 0.05) is 6.42 Å². The molecule has 0 unspecified atom stereocenters. The van der Waals surface area contributed by atoms with Crippen LogP contribution in [0.4, 0.5) is 0 Å². The SMILES string of the molecule is CCC/C=C(\CCC)C(=O)CCc1ccccc1. The van der Waals surface area contributed by atoms with E-state index in [0.29, 0.717) is 12.2 Å². The zero-order valence-electron chi connectivity index (χ0n) is 11.6. The van der Waals surface area contributed by atoms with Crippen molar-refractivity contribution in [1.29, 1.82) is 0 Å². The van der Waals surface area contributed by atoms with Gasteiger partial charge < -0.3 is 0 Å². The van der Waals surface area contributed by atoms with Gasteiger partial charge in [0.1, 0.15) is 0 Å². The van der Waals surface area contributed by atoms with Crippen LogP contribution < -0.4 is 0 Å². The number of hydrogen-bond donors (Lipinski definition) is 0. The van der Waals surface area contributed by atoms with Crippen molar-refractivity contribution in [3.63, 3.8) is 0 Å². The van der Waals surface area contributed by atoms with Crippen LogP contribution in [0.3, 0.4) is 0 Å². The van der Waals surface area contributed by atoms with Crippen molar-refractivity contribution in [1.82, 2.24) is 0 Å². The topological polar surface area (TPSA) is 17.1 Å². The Balaban J connectivity index is 2.51. The molecule has 0 N–H and O–H groups in total. The lowest BCUT2D eigenvalue weighted by Gasteiger charge is -2.06. The summed E-state index contributed by atoms with van der Waals surface area (Å²) in [4.78, 5) is 12.1. The molecule has 1 nitrogen and oxygen atoms in total. The van der Waals surface area contributed by atoms with E-state index in [2.05, 4.69) is 32.1 Å². The second-order valence-corrected chi connectivity index (χ2v) is 4.68. The molecular weight excluding hydrogens is 220 g/mol. The minimum atomic E-state index is 0.328. The van der Waals surface area contributed by atoms with E-state index in [0.717, 1.165) is 37.7 Å². The molecule has 0 amide bonds. The summed E-state index contributed by atoms with van der Waals surface area (Å²) in [6, 6.07) is 10.2. The molecule has 98 valence electrons. The molecule has 0 aliphatic carbocycles. The third-order valence-corrected chi connectivity index (χ3v) is 3.04. The molecule has 0 heterocycles. The summed E-state index contributed by atoms with van der Waals surface area (Å²) in [5.74, 6) is 0.328. The Bertz CT molecular complexity index is 376. The molecule has 0 spiro atoms. The highest BCUT2D eigenvalue weighted by Crippen LogP contribution is 2.13. The zero-order chi connectivity index (χ0) is 13.2. The number of rotatable bonds is 8. The third kappa shape index (κ3) is 5.31. The summed E-state index contributed by atoms with van der Waals surface area (Å²) in [7, 11) is 0. The molecule has 1 rings (SSSR count). The Kier molecular flexibility index (Phi) is 7.09. The third-order valence-electron chi connectivity index (χ3n) is 3.04. The number of carbonyl (C=O) groups is 1. The average Bonchev–Trinajstić information content (AvgIpc) is 2.42. The summed E-state index contributed by atoms with van der Waals surface area (Å²) in [6.07, 6.45) is 7.73. The lowest BCUT2D eigenvalue weighted by molar-refractivity contribution is -0.115. The molecule has 0 aromatic heterocycles. The fourth-order valence-corrected chi connectivity index (χ4v) is 2.01. The van der Waals surface area contributed by atoms with Gasteiger partial charge >= 0.3 is 0 Å². The lowest BCUT2D eigenvalue weighted by Crippen LogP contribution is -2.04. The van der Waals surface area contributed by atoms with Crippen LogP contribution in [-0.4, -0.2) is 5.78 Å². The number of aryl methyl sites for hydroxylation is 1. The van der Waals surface area contributed by atoms with E-state index in [9.17, 15) is 4.79 Å². The maximum absolute atomic E-state index is 12.1. The Morgan fingerprint density at radius 3 is 2.39 bits per heavy atom. The van der Waals surface area contributed by atoms with Crippen molar-refractivity contribution in [3.8, 4) is 0 Å². The van der Waals surface area contributed by atoms with Gasteiger partial charge in [-0.3, -0.25) is 4.79 Å². The van der Waals surface area contributed by atoms with Gasteiger partial charge in [-0.2, -0.15) is 0 Å². The largest absolute Gasteiger partial charge is 0.295 e. The Labute approximate surface area is 111 Å². The molecule has 0 aliphatic heterocycles. The second-order valence-electron chi connectivity index (χ2n) is 4.68. The fraction of sp³-hybridized carbons (Fsp3) is 0.471. The first-order valence-electron chi connectivity index (χ1n) is 7.04. The van der Waals surface area contributed by atoms with Crippen molar-refractivity contribution in [2.24, 2.45) is 0 Å². The van der Waals surface area contributed by atoms with Crippen molar-refractivity contribution in [3.05, 3.63) is 47.5 Å². The molecule has 0 bridgehead atoms. The minimum absolute atomic E-state index is 0.328. The molecule has 0 aliphatic rings. The van der Waals surface area contributed by atoms with Crippen LogP contribution in [0.2, 0.25) is 0 Å². The quantitative estimate of drug-likeness (QED) is 0.605. The molecule has 1 aromatic carbocycles. The van der Waals surface area contributed by atoms with Crippen LogP contribution in [0.25, 0.3) is 0 Å². The van der Waals surface area contributed by atoms with E-state index in [1.165, 1.54) is 5.56 Å². The van der Waals surface area contributed by atoms with Crippen molar-refractivity contribution in [2.75, 3.05) is 0 Å². The molecular formula is C17H24O. The first-order chi connectivity index (χ1) is 8.77. The van der Waals surface area contributed by atoms with Gasteiger partial charge in [-0.1, -0.05) is 63.1 Å². The molecule has 0 radical (unpaired) electrons. The van der Waals surface area contributed by atoms with E-state index in [1.807, 2.05) is 18.2 Å². The van der Waals surface area contributed by atoms with Gasteiger partial charge in [0.25, 0.3) is 0 Å². The van der Waals surface area contributed by atoms with Crippen LogP contribution in [0.5, 0.6) is 0 Å². The van der Waals surface area contributed by atoms with Gasteiger partial charge in [0.15, 0.2) is 5.78 Å². The number of ketones is 1. The standard InChI is InChI=1S/C17H24O/c1-3-5-12-16(9-4-2)17(18)14-13-15-10-7-6-8-11-15/h6-8,10-12H,3-5,9,13-14H2,1-2H3/b16-12+. The van der Waals surface area contributed by atoms with E-state index < -0.39 is 0 Å². The van der Waals surface area contributed by atoms with Crippen molar-refractivity contribution in [2.45, 2.75) is 52.4 Å². The van der Waals surface area contributed by atoms with E-state index in [1.54, 1.807) is 0 Å². The highest BCUT2D eigenvalue weighted by Gasteiger charge is 2.08. The van der Waals surface area contributed by atoms with E-state index in [4.69, 9.17) is 0 Å². The summed E-state index contributed by atoms with van der Waals surface area (Å²) in [5, 5.41) is 0. The van der Waals surface area contributed by atoms with E-state index in [-0.39, 0.29) is 0 Å². The van der Waals surface area contributed by atoms with Crippen molar-refractivity contribution < 1.29 is 4.79 Å². The first kappa shape index (κ1) is 14.7. The molecule has 0 saturated carbocycles. The van der Waals surface area contributed by atoms with Gasteiger partial charge in [-0.15, -0.1) is 0 Å². The zero-order valence-corrected chi connectivity index (χ0v) is 11.6. The lowest BCUT2D eigenvalue weighted by atomic mass is 9.98. The van der Waals surface area contributed by atoms with Crippen LogP contribution >= 0.6 is 0 Å². The van der Waals surface area contributed by atoms with Gasteiger partial charge in [-0.05, 0) is 30.4 Å². The molecule has 1 aromatic rings. The minimum Gasteiger partial charge on any atom is -0.295 e.